The largest absolute Gasteiger partial charge is 0.462 e. The van der Waals surface area contributed by atoms with Crippen LogP contribution in [-0.4, -0.2) is 60.3 Å². The van der Waals surface area contributed by atoms with Crippen LogP contribution in [-0.2, 0) is 16.0 Å². The van der Waals surface area contributed by atoms with Crippen molar-refractivity contribution < 1.29 is 14.3 Å². The van der Waals surface area contributed by atoms with E-state index < -0.39 is 0 Å². The number of thiophene rings is 1. The Hall–Kier alpha value is -1.77. The van der Waals surface area contributed by atoms with Gasteiger partial charge in [-0.3, -0.25) is 4.90 Å². The normalized spacial score (nSPS) is 16.3. The molecule has 1 saturated heterocycles. The van der Waals surface area contributed by atoms with Gasteiger partial charge >= 0.3 is 5.97 Å². The van der Waals surface area contributed by atoms with Gasteiger partial charge in [0.25, 0.3) is 0 Å². The fourth-order valence-electron chi connectivity index (χ4n) is 3.59. The van der Waals surface area contributed by atoms with E-state index in [2.05, 4.69) is 17.1 Å². The van der Waals surface area contributed by atoms with Crippen LogP contribution in [0.1, 0.15) is 54.2 Å². The molecule has 1 aliphatic rings. The van der Waals surface area contributed by atoms with Crippen LogP contribution in [0.15, 0.2) is 0 Å². The highest BCUT2D eigenvalue weighted by atomic mass is 32.1. The summed E-state index contributed by atoms with van der Waals surface area (Å²) in [5, 5.41) is 4.35. The number of carbonyl (C=O) groups excluding carboxylic acids is 1. The Labute approximate surface area is 170 Å². The zero-order valence-corrected chi connectivity index (χ0v) is 18.0. The van der Waals surface area contributed by atoms with Crippen molar-refractivity contribution in [2.24, 2.45) is 0 Å². The maximum atomic E-state index is 12.4. The zero-order valence-electron chi connectivity index (χ0n) is 17.2. The molecule has 0 unspecified atom stereocenters. The average Bonchev–Trinajstić information content (AvgIpc) is 3.00. The van der Waals surface area contributed by atoms with Crippen molar-refractivity contribution in [3.05, 3.63) is 16.3 Å². The number of carbonyl (C=O) groups is 1. The van der Waals surface area contributed by atoms with Gasteiger partial charge in [0.15, 0.2) is 0 Å². The Bertz CT molecular complexity index is 817. The smallest absolute Gasteiger partial charge is 0.348 e. The average molecular weight is 407 g/mol. The van der Waals surface area contributed by atoms with Crippen LogP contribution in [0.25, 0.3) is 10.2 Å². The molecule has 0 saturated carbocycles. The summed E-state index contributed by atoms with van der Waals surface area (Å²) >= 11 is 1.39. The van der Waals surface area contributed by atoms with Crippen molar-refractivity contribution in [3.8, 4) is 0 Å². The van der Waals surface area contributed by atoms with E-state index in [1.807, 2.05) is 13.8 Å². The summed E-state index contributed by atoms with van der Waals surface area (Å²) < 4.78 is 10.5. The number of nitrogens with one attached hydrogen (secondary N) is 1. The molecule has 0 aromatic carbocycles. The number of esters is 1. The van der Waals surface area contributed by atoms with Crippen LogP contribution in [0.5, 0.6) is 0 Å². The van der Waals surface area contributed by atoms with Crippen molar-refractivity contribution in [1.29, 1.82) is 0 Å². The molecule has 3 rings (SSSR count). The van der Waals surface area contributed by atoms with Crippen molar-refractivity contribution in [2.45, 2.75) is 52.6 Å². The van der Waals surface area contributed by atoms with Crippen molar-refractivity contribution in [2.75, 3.05) is 38.7 Å². The molecule has 1 N–H and O–H groups in total. The molecule has 2 aromatic heterocycles. The van der Waals surface area contributed by atoms with Crippen LogP contribution in [0.3, 0.4) is 0 Å². The molecule has 0 amide bonds. The maximum absolute atomic E-state index is 12.4. The molecule has 0 aliphatic carbocycles. The third-order valence-electron chi connectivity index (χ3n) is 4.91. The molecule has 1 fully saturated rings. The second kappa shape index (κ2) is 9.62. The summed E-state index contributed by atoms with van der Waals surface area (Å²) in [7, 11) is 1.68. The minimum absolute atomic E-state index is 0.0938. The topological polar surface area (TPSA) is 76.6 Å². The van der Waals surface area contributed by atoms with Crippen LogP contribution < -0.4 is 5.32 Å². The number of fused-ring (bicyclic) bond motifs is 1. The Morgan fingerprint density at radius 3 is 2.71 bits per heavy atom. The SMILES string of the molecule is CCOC(=O)c1sc2nc(CN3CCCCC3)nc(N[C@@H](C)COC)c2c1C. The van der Waals surface area contributed by atoms with Gasteiger partial charge < -0.3 is 14.8 Å². The lowest BCUT2D eigenvalue weighted by Gasteiger charge is -2.25. The van der Waals surface area contributed by atoms with E-state index >= 15 is 0 Å². The first kappa shape index (κ1) is 21.0. The van der Waals surface area contributed by atoms with Gasteiger partial charge in [-0.2, -0.15) is 0 Å². The Morgan fingerprint density at radius 1 is 1.29 bits per heavy atom. The lowest BCUT2D eigenvalue weighted by molar-refractivity contribution is 0.0531. The van der Waals surface area contributed by atoms with Gasteiger partial charge in [0.2, 0.25) is 0 Å². The molecule has 7 nitrogen and oxygen atoms in total. The van der Waals surface area contributed by atoms with E-state index in [0.717, 1.165) is 47.1 Å². The summed E-state index contributed by atoms with van der Waals surface area (Å²) in [6.45, 7) is 9.63. The molecule has 0 radical (unpaired) electrons. The lowest BCUT2D eigenvalue weighted by atomic mass is 10.1. The van der Waals surface area contributed by atoms with Crippen LogP contribution >= 0.6 is 11.3 Å². The summed E-state index contributed by atoms with van der Waals surface area (Å²) in [5.41, 5.74) is 0.870. The van der Waals surface area contributed by atoms with E-state index in [1.54, 1.807) is 7.11 Å². The number of piperidine rings is 1. The zero-order chi connectivity index (χ0) is 20.1. The van der Waals surface area contributed by atoms with E-state index in [4.69, 9.17) is 19.4 Å². The minimum atomic E-state index is -0.295. The Kier molecular flexibility index (Phi) is 7.20. The quantitative estimate of drug-likeness (QED) is 0.671. The third kappa shape index (κ3) is 4.79. The standard InChI is InChI=1S/C20H30N4O3S/c1-5-27-20(25)17-14(3)16-18(21-13(2)12-26-4)22-15(23-19(16)28-17)11-24-9-7-6-8-10-24/h13H,5-12H2,1-4H3,(H,21,22,23)/t13-/m0/s1. The first-order chi connectivity index (χ1) is 13.5. The highest BCUT2D eigenvalue weighted by molar-refractivity contribution is 7.20. The summed E-state index contributed by atoms with van der Waals surface area (Å²) in [6.07, 6.45) is 3.75. The molecular weight excluding hydrogens is 376 g/mol. The van der Waals surface area contributed by atoms with Crippen LogP contribution in [0, 0.1) is 6.92 Å². The van der Waals surface area contributed by atoms with Gasteiger partial charge in [-0.05, 0) is 52.3 Å². The minimum Gasteiger partial charge on any atom is -0.462 e. The molecule has 3 heterocycles. The van der Waals surface area contributed by atoms with Gasteiger partial charge in [-0.1, -0.05) is 6.42 Å². The molecular formula is C20H30N4O3S. The number of methoxy groups -OCH3 is 1. The fraction of sp³-hybridized carbons (Fsp3) is 0.650. The second-order valence-electron chi connectivity index (χ2n) is 7.28. The lowest BCUT2D eigenvalue weighted by Crippen LogP contribution is -2.30. The number of hydrogen-bond donors (Lipinski definition) is 1. The number of aryl methyl sites for hydroxylation is 1. The summed E-state index contributed by atoms with van der Waals surface area (Å²) in [4.78, 5) is 25.8. The first-order valence-corrected chi connectivity index (χ1v) is 10.8. The first-order valence-electron chi connectivity index (χ1n) is 9.98. The molecule has 0 spiro atoms. The second-order valence-corrected chi connectivity index (χ2v) is 8.28. The fourth-order valence-corrected chi connectivity index (χ4v) is 4.69. The molecule has 1 aliphatic heterocycles. The van der Waals surface area contributed by atoms with E-state index in [-0.39, 0.29) is 12.0 Å². The van der Waals surface area contributed by atoms with Gasteiger partial charge in [0.1, 0.15) is 21.3 Å². The molecule has 0 bridgehead atoms. The van der Waals surface area contributed by atoms with Crippen molar-refractivity contribution in [1.82, 2.24) is 14.9 Å². The van der Waals surface area contributed by atoms with Crippen LogP contribution in [0.2, 0.25) is 0 Å². The molecule has 1 atom stereocenters. The number of rotatable bonds is 8. The molecule has 8 heteroatoms. The van der Waals surface area contributed by atoms with Crippen molar-refractivity contribution in [3.63, 3.8) is 0 Å². The number of aromatic nitrogens is 2. The van der Waals surface area contributed by atoms with Gasteiger partial charge in [0.05, 0.1) is 25.1 Å². The number of ether oxygens (including phenoxy) is 2. The highest BCUT2D eigenvalue weighted by Gasteiger charge is 2.23. The molecule has 154 valence electrons. The van der Waals surface area contributed by atoms with Gasteiger partial charge in [-0.15, -0.1) is 11.3 Å². The van der Waals surface area contributed by atoms with Gasteiger partial charge in [-0.25, -0.2) is 14.8 Å². The Morgan fingerprint density at radius 2 is 2.04 bits per heavy atom. The third-order valence-corrected chi connectivity index (χ3v) is 6.08. The van der Waals surface area contributed by atoms with E-state index in [0.29, 0.717) is 18.1 Å². The Balaban J connectivity index is 1.99. The van der Waals surface area contributed by atoms with E-state index in [9.17, 15) is 4.79 Å². The molecule has 2 aromatic rings. The number of anilines is 1. The number of hydrogen-bond acceptors (Lipinski definition) is 8. The van der Waals surface area contributed by atoms with E-state index in [1.165, 1.54) is 30.6 Å². The summed E-state index contributed by atoms with van der Waals surface area (Å²) in [6, 6.07) is 0.0938. The maximum Gasteiger partial charge on any atom is 0.348 e. The monoisotopic (exact) mass is 406 g/mol. The molecule has 28 heavy (non-hydrogen) atoms. The predicted octanol–water partition coefficient (Wildman–Crippen LogP) is 3.61. The van der Waals surface area contributed by atoms with Crippen molar-refractivity contribution >= 4 is 33.3 Å². The van der Waals surface area contributed by atoms with Gasteiger partial charge in [0, 0.05) is 13.2 Å². The number of likely N-dealkylation sites (tertiary alicyclic amines) is 1. The predicted molar refractivity (Wildman–Crippen MR) is 112 cm³/mol. The summed E-state index contributed by atoms with van der Waals surface area (Å²) in [5.74, 6) is 1.26. The van der Waals surface area contributed by atoms with Crippen LogP contribution in [0.4, 0.5) is 5.82 Å². The highest BCUT2D eigenvalue weighted by Crippen LogP contribution is 2.35. The number of nitrogens with zero attached hydrogens (tertiary/aromatic N) is 3.